The van der Waals surface area contributed by atoms with Crippen LogP contribution in [0.3, 0.4) is 0 Å². The van der Waals surface area contributed by atoms with Gasteiger partial charge in [-0.2, -0.15) is 4.99 Å². The molecule has 0 N–H and O–H groups in total. The number of aliphatic imine (C=N–C) groups is 1. The lowest BCUT2D eigenvalue weighted by atomic mass is 10.1. The van der Waals surface area contributed by atoms with Gasteiger partial charge in [0.25, 0.3) is 5.91 Å². The van der Waals surface area contributed by atoms with Crippen LogP contribution >= 0.6 is 11.8 Å². The molecule has 0 unspecified atom stereocenters. The molecule has 0 spiro atoms. The van der Waals surface area contributed by atoms with Gasteiger partial charge in [0, 0.05) is 11.8 Å². The molecule has 2 aromatic rings. The highest BCUT2D eigenvalue weighted by Crippen LogP contribution is 2.39. The van der Waals surface area contributed by atoms with Gasteiger partial charge in [-0.15, -0.1) is 0 Å². The maximum atomic E-state index is 12.5. The predicted octanol–water partition coefficient (Wildman–Crippen LogP) is 2.83. The molecular weight excluding hydrogens is 392 g/mol. The van der Waals surface area contributed by atoms with Gasteiger partial charge in [0.05, 0.1) is 24.0 Å². The van der Waals surface area contributed by atoms with Crippen LogP contribution in [0.25, 0.3) is 0 Å². The molecular formula is C21H22N2O3S2. The second-order valence-corrected chi connectivity index (χ2v) is 10.7. The number of benzene rings is 2. The smallest absolute Gasteiger partial charge is 0.252 e. The number of fused-ring (bicyclic) bond motifs is 1. The molecule has 0 radical (unpaired) electrons. The molecule has 28 heavy (non-hydrogen) atoms. The van der Waals surface area contributed by atoms with Crippen LogP contribution in [0.2, 0.25) is 0 Å². The summed E-state index contributed by atoms with van der Waals surface area (Å²) < 4.78 is 24.2. The zero-order chi connectivity index (χ0) is 19.7. The lowest BCUT2D eigenvalue weighted by Crippen LogP contribution is -2.37. The van der Waals surface area contributed by atoms with E-state index in [1.807, 2.05) is 66.4 Å². The molecule has 4 rings (SSSR count). The van der Waals surface area contributed by atoms with Crippen LogP contribution in [0.4, 0.5) is 0 Å². The van der Waals surface area contributed by atoms with Crippen LogP contribution in [0.5, 0.6) is 0 Å². The van der Waals surface area contributed by atoms with Crippen molar-refractivity contribution in [3.8, 4) is 0 Å². The molecule has 2 saturated heterocycles. The van der Waals surface area contributed by atoms with Crippen molar-refractivity contribution in [2.45, 2.75) is 31.2 Å². The second-order valence-electron chi connectivity index (χ2n) is 7.36. The Morgan fingerprint density at radius 3 is 2.50 bits per heavy atom. The summed E-state index contributed by atoms with van der Waals surface area (Å²) in [6.07, 6.45) is 0.247. The van der Waals surface area contributed by atoms with E-state index >= 15 is 0 Å². The number of sulfone groups is 1. The number of amides is 1. The molecule has 2 fully saturated rings. The van der Waals surface area contributed by atoms with Crippen molar-refractivity contribution in [3.63, 3.8) is 0 Å². The topological polar surface area (TPSA) is 66.8 Å². The van der Waals surface area contributed by atoms with E-state index in [9.17, 15) is 13.2 Å². The Morgan fingerprint density at radius 2 is 1.79 bits per heavy atom. The third kappa shape index (κ3) is 4.31. The van der Waals surface area contributed by atoms with Crippen LogP contribution in [0, 0.1) is 6.92 Å². The molecule has 7 heteroatoms. The molecule has 2 aliphatic heterocycles. The van der Waals surface area contributed by atoms with Gasteiger partial charge in [-0.1, -0.05) is 71.9 Å². The number of aryl methyl sites for hydroxylation is 1. The third-order valence-corrected chi connectivity index (χ3v) is 8.31. The van der Waals surface area contributed by atoms with Crippen LogP contribution in [-0.4, -0.2) is 47.2 Å². The Bertz CT molecular complexity index is 1000. The number of amidine groups is 1. The van der Waals surface area contributed by atoms with Crippen LogP contribution in [0.15, 0.2) is 59.6 Å². The zero-order valence-corrected chi connectivity index (χ0v) is 17.2. The van der Waals surface area contributed by atoms with E-state index in [-0.39, 0.29) is 35.1 Å². The zero-order valence-electron chi connectivity index (χ0n) is 15.6. The average molecular weight is 415 g/mol. The van der Waals surface area contributed by atoms with Crippen molar-refractivity contribution in [1.82, 2.24) is 4.90 Å². The molecule has 0 aliphatic carbocycles. The summed E-state index contributed by atoms with van der Waals surface area (Å²) in [4.78, 5) is 18.9. The molecule has 2 atom stereocenters. The van der Waals surface area contributed by atoms with Crippen LogP contribution < -0.4 is 0 Å². The first-order valence-electron chi connectivity index (χ1n) is 9.24. The molecule has 0 aromatic heterocycles. The van der Waals surface area contributed by atoms with Crippen LogP contribution in [0.1, 0.15) is 16.7 Å². The normalized spacial score (nSPS) is 24.5. The van der Waals surface area contributed by atoms with E-state index in [1.165, 1.54) is 17.3 Å². The van der Waals surface area contributed by atoms with Gasteiger partial charge in [0.1, 0.15) is 0 Å². The highest BCUT2D eigenvalue weighted by atomic mass is 32.2. The highest BCUT2D eigenvalue weighted by Gasteiger charge is 2.48. The molecule has 0 bridgehead atoms. The number of hydrogen-bond donors (Lipinski definition) is 0. The Kier molecular flexibility index (Phi) is 5.29. The molecule has 2 heterocycles. The minimum Gasteiger partial charge on any atom is -0.342 e. The Morgan fingerprint density at radius 1 is 1.07 bits per heavy atom. The van der Waals surface area contributed by atoms with E-state index in [1.54, 1.807) is 0 Å². The Balaban J connectivity index is 1.57. The quantitative estimate of drug-likeness (QED) is 0.770. The summed E-state index contributed by atoms with van der Waals surface area (Å²) in [5, 5.41) is 0.588. The first-order valence-corrected chi connectivity index (χ1v) is 11.9. The van der Waals surface area contributed by atoms with Crippen molar-refractivity contribution in [2.75, 3.05) is 11.5 Å². The first-order chi connectivity index (χ1) is 13.4. The van der Waals surface area contributed by atoms with Crippen molar-refractivity contribution in [2.24, 2.45) is 4.99 Å². The third-order valence-electron chi connectivity index (χ3n) is 5.07. The van der Waals surface area contributed by atoms with Gasteiger partial charge >= 0.3 is 0 Å². The predicted molar refractivity (Wildman–Crippen MR) is 113 cm³/mol. The number of carbonyl (C=O) groups is 1. The van der Waals surface area contributed by atoms with Crippen molar-refractivity contribution in [3.05, 3.63) is 71.3 Å². The molecule has 5 nitrogen and oxygen atoms in total. The maximum Gasteiger partial charge on any atom is 0.252 e. The first kappa shape index (κ1) is 19.2. The fourth-order valence-corrected chi connectivity index (χ4v) is 7.60. The van der Waals surface area contributed by atoms with Gasteiger partial charge in [-0.3, -0.25) is 4.79 Å². The number of rotatable bonds is 4. The van der Waals surface area contributed by atoms with Gasteiger partial charge in [-0.05, 0) is 18.1 Å². The molecule has 1 amide bonds. The molecule has 0 saturated carbocycles. The number of hydrogen-bond acceptors (Lipinski definition) is 4. The SMILES string of the molecule is Cc1ccc(CN2C(=NC(=O)Cc3ccccc3)S[C@H]3CS(=O)(=O)C[C@H]32)cc1. The van der Waals surface area contributed by atoms with Crippen molar-refractivity contribution >= 4 is 32.7 Å². The van der Waals surface area contributed by atoms with Crippen molar-refractivity contribution in [1.29, 1.82) is 0 Å². The monoisotopic (exact) mass is 414 g/mol. The fraction of sp³-hybridized carbons (Fsp3) is 0.333. The highest BCUT2D eigenvalue weighted by molar-refractivity contribution is 8.15. The van der Waals surface area contributed by atoms with Gasteiger partial charge in [-0.25, -0.2) is 8.42 Å². The number of carbonyl (C=O) groups excluding carboxylic acids is 1. The standard InChI is InChI=1S/C21H22N2O3S2/c1-15-7-9-17(10-8-15)12-23-18-13-28(25,26)14-19(18)27-21(23)22-20(24)11-16-5-3-2-4-6-16/h2-10,18-19H,11-14H2,1H3/t18-,19+/m1/s1. The molecule has 146 valence electrons. The Hall–Kier alpha value is -2.12. The maximum absolute atomic E-state index is 12.5. The lowest BCUT2D eigenvalue weighted by Gasteiger charge is -2.24. The Labute approximate surface area is 169 Å². The summed E-state index contributed by atoms with van der Waals surface area (Å²) in [6, 6.07) is 17.6. The summed E-state index contributed by atoms with van der Waals surface area (Å²) in [6.45, 7) is 2.59. The lowest BCUT2D eigenvalue weighted by molar-refractivity contribution is -0.117. The minimum atomic E-state index is -3.04. The average Bonchev–Trinajstić information content (AvgIpc) is 3.10. The number of nitrogens with zero attached hydrogens (tertiary/aromatic N) is 2. The molecule has 2 aromatic carbocycles. The molecule has 2 aliphatic rings. The summed E-state index contributed by atoms with van der Waals surface area (Å²) >= 11 is 1.43. The van der Waals surface area contributed by atoms with E-state index in [0.717, 1.165) is 11.1 Å². The van der Waals surface area contributed by atoms with Crippen molar-refractivity contribution < 1.29 is 13.2 Å². The summed E-state index contributed by atoms with van der Waals surface area (Å²) in [7, 11) is -3.04. The van der Waals surface area contributed by atoms with Gasteiger partial charge < -0.3 is 4.90 Å². The summed E-state index contributed by atoms with van der Waals surface area (Å²) in [5.41, 5.74) is 3.18. The minimum absolute atomic E-state index is 0.0567. The number of thioether (sulfide) groups is 1. The van der Waals surface area contributed by atoms with Crippen LogP contribution in [-0.2, 0) is 27.6 Å². The van der Waals surface area contributed by atoms with E-state index < -0.39 is 9.84 Å². The van der Waals surface area contributed by atoms with Gasteiger partial charge in [0.2, 0.25) is 0 Å². The second kappa shape index (κ2) is 7.72. The van der Waals surface area contributed by atoms with Gasteiger partial charge in [0.15, 0.2) is 15.0 Å². The largest absolute Gasteiger partial charge is 0.342 e. The van der Waals surface area contributed by atoms with E-state index in [2.05, 4.69) is 4.99 Å². The fourth-order valence-electron chi connectivity index (χ4n) is 3.63. The van der Waals surface area contributed by atoms with E-state index in [4.69, 9.17) is 0 Å². The van der Waals surface area contributed by atoms with E-state index in [0.29, 0.717) is 11.7 Å². The summed E-state index contributed by atoms with van der Waals surface area (Å²) in [5.74, 6) is 0.0755.